The molecular weight excluding hydrogens is 224 g/mol. The summed E-state index contributed by atoms with van der Waals surface area (Å²) in [6.07, 6.45) is 3.66. The van der Waals surface area contributed by atoms with Crippen LogP contribution in [0.25, 0.3) is 0 Å². The lowest BCUT2D eigenvalue weighted by molar-refractivity contribution is 0.0749. The number of rotatable bonds is 5. The third-order valence-corrected chi connectivity index (χ3v) is 2.41. The molecule has 3 nitrogen and oxygen atoms in total. The molecule has 0 spiro atoms. The number of carbonyl (C=O) groups excluding carboxylic acids is 1. The van der Waals surface area contributed by atoms with E-state index in [2.05, 4.69) is 18.8 Å². The Morgan fingerprint density at radius 1 is 1.22 bits per heavy atom. The van der Waals surface area contributed by atoms with Crippen molar-refractivity contribution >= 4 is 5.91 Å². The molecule has 0 fully saturated rings. The summed E-state index contributed by atoms with van der Waals surface area (Å²) in [6.45, 7) is 11.8. The highest BCUT2D eigenvalue weighted by molar-refractivity contribution is 5.92. The molecule has 0 aliphatic rings. The lowest BCUT2D eigenvalue weighted by atomic mass is 10.2. The molecule has 0 unspecified atom stereocenters. The van der Waals surface area contributed by atoms with Gasteiger partial charge in [-0.1, -0.05) is 27.7 Å². The van der Waals surface area contributed by atoms with Gasteiger partial charge >= 0.3 is 0 Å². The summed E-state index contributed by atoms with van der Waals surface area (Å²) in [4.78, 5) is 18.2. The molecule has 0 saturated carbocycles. The van der Waals surface area contributed by atoms with Crippen LogP contribution in [0.5, 0.6) is 0 Å². The van der Waals surface area contributed by atoms with E-state index in [1.54, 1.807) is 6.20 Å². The summed E-state index contributed by atoms with van der Waals surface area (Å²) in [5.74, 6) is 0.0485. The first-order chi connectivity index (χ1) is 8.69. The van der Waals surface area contributed by atoms with Gasteiger partial charge in [0.1, 0.15) is 5.69 Å². The Kier molecular flexibility index (Phi) is 8.89. The first-order valence-corrected chi connectivity index (χ1v) is 6.91. The molecule has 0 aliphatic heterocycles. The molecule has 0 aromatic carbocycles. The van der Waals surface area contributed by atoms with Gasteiger partial charge in [0.05, 0.1) is 0 Å². The normalized spacial score (nSPS) is 9.39. The maximum Gasteiger partial charge on any atom is 0.272 e. The third-order valence-electron chi connectivity index (χ3n) is 2.41. The van der Waals surface area contributed by atoms with E-state index in [4.69, 9.17) is 0 Å². The SMILES string of the molecule is CC.CCCN(CCC)C(=O)c1cc(C)ccn1. The van der Waals surface area contributed by atoms with Crippen LogP contribution < -0.4 is 0 Å². The molecule has 1 amide bonds. The van der Waals surface area contributed by atoms with E-state index in [0.717, 1.165) is 31.5 Å². The zero-order chi connectivity index (χ0) is 14.0. The molecule has 1 aromatic heterocycles. The number of aryl methyl sites for hydroxylation is 1. The van der Waals surface area contributed by atoms with Gasteiger partial charge in [-0.3, -0.25) is 9.78 Å². The highest BCUT2D eigenvalue weighted by Crippen LogP contribution is 2.06. The first kappa shape index (κ1) is 16.6. The number of hydrogen-bond donors (Lipinski definition) is 0. The van der Waals surface area contributed by atoms with Crippen molar-refractivity contribution in [3.05, 3.63) is 29.6 Å². The van der Waals surface area contributed by atoms with E-state index < -0.39 is 0 Å². The lowest BCUT2D eigenvalue weighted by Crippen LogP contribution is -2.33. The lowest BCUT2D eigenvalue weighted by Gasteiger charge is -2.20. The van der Waals surface area contributed by atoms with E-state index in [-0.39, 0.29) is 5.91 Å². The summed E-state index contributed by atoms with van der Waals surface area (Å²) < 4.78 is 0. The second-order valence-electron chi connectivity index (χ2n) is 4.01. The van der Waals surface area contributed by atoms with Crippen LogP contribution in [0.2, 0.25) is 0 Å². The van der Waals surface area contributed by atoms with Crippen LogP contribution in [-0.2, 0) is 0 Å². The average molecular weight is 250 g/mol. The molecule has 0 atom stereocenters. The van der Waals surface area contributed by atoms with E-state index in [0.29, 0.717) is 5.69 Å². The summed E-state index contributed by atoms with van der Waals surface area (Å²) in [5.41, 5.74) is 1.63. The molecule has 1 rings (SSSR count). The van der Waals surface area contributed by atoms with Gasteiger partial charge in [-0.25, -0.2) is 0 Å². The van der Waals surface area contributed by atoms with Gasteiger partial charge < -0.3 is 4.90 Å². The minimum Gasteiger partial charge on any atom is -0.337 e. The third kappa shape index (κ3) is 5.30. The molecule has 102 valence electrons. The number of amides is 1. The molecule has 3 heteroatoms. The van der Waals surface area contributed by atoms with Crippen molar-refractivity contribution < 1.29 is 4.79 Å². The topological polar surface area (TPSA) is 33.2 Å². The number of pyridine rings is 1. The van der Waals surface area contributed by atoms with E-state index >= 15 is 0 Å². The molecule has 0 radical (unpaired) electrons. The quantitative estimate of drug-likeness (QED) is 0.798. The fourth-order valence-corrected chi connectivity index (χ4v) is 1.67. The van der Waals surface area contributed by atoms with Crippen LogP contribution in [0.3, 0.4) is 0 Å². The van der Waals surface area contributed by atoms with E-state index in [1.165, 1.54) is 0 Å². The molecule has 18 heavy (non-hydrogen) atoms. The number of aromatic nitrogens is 1. The van der Waals surface area contributed by atoms with Gasteiger partial charge in [-0.05, 0) is 37.5 Å². The summed E-state index contributed by atoms with van der Waals surface area (Å²) in [6, 6.07) is 3.75. The molecule has 0 aliphatic carbocycles. The predicted molar refractivity (Wildman–Crippen MR) is 76.8 cm³/mol. The van der Waals surface area contributed by atoms with Crippen molar-refractivity contribution in [2.24, 2.45) is 0 Å². The standard InChI is InChI=1S/C13H20N2O.C2H6/c1-4-8-15(9-5-2)13(16)12-10-11(3)6-7-14-12;1-2/h6-7,10H,4-5,8-9H2,1-3H3;1-2H3. The summed E-state index contributed by atoms with van der Waals surface area (Å²) in [7, 11) is 0. The summed E-state index contributed by atoms with van der Waals surface area (Å²) in [5, 5.41) is 0. The number of hydrogen-bond acceptors (Lipinski definition) is 2. The van der Waals surface area contributed by atoms with Crippen molar-refractivity contribution in [2.45, 2.75) is 47.5 Å². The van der Waals surface area contributed by atoms with Crippen LogP contribution in [0.1, 0.15) is 56.6 Å². The zero-order valence-electron chi connectivity index (χ0n) is 12.4. The Balaban J connectivity index is 0.00000137. The number of nitrogens with zero attached hydrogens (tertiary/aromatic N) is 2. The molecule has 0 saturated heterocycles. The Morgan fingerprint density at radius 2 is 1.78 bits per heavy atom. The zero-order valence-corrected chi connectivity index (χ0v) is 12.4. The van der Waals surface area contributed by atoms with E-state index in [1.807, 2.05) is 37.8 Å². The highest BCUT2D eigenvalue weighted by Gasteiger charge is 2.15. The van der Waals surface area contributed by atoms with Crippen molar-refractivity contribution in [3.8, 4) is 0 Å². The monoisotopic (exact) mass is 250 g/mol. The Labute approximate surface area is 111 Å². The van der Waals surface area contributed by atoms with Gasteiger partial charge in [-0.15, -0.1) is 0 Å². The van der Waals surface area contributed by atoms with Gasteiger partial charge in [0, 0.05) is 19.3 Å². The Hall–Kier alpha value is -1.38. The maximum atomic E-state index is 12.1. The molecule has 1 aromatic rings. The molecule has 1 heterocycles. The second kappa shape index (κ2) is 9.63. The van der Waals surface area contributed by atoms with Crippen LogP contribution in [0.15, 0.2) is 18.3 Å². The van der Waals surface area contributed by atoms with Gasteiger partial charge in [0.25, 0.3) is 5.91 Å². The van der Waals surface area contributed by atoms with Gasteiger partial charge in [-0.2, -0.15) is 0 Å². The minimum atomic E-state index is 0.0485. The number of carbonyl (C=O) groups is 1. The minimum absolute atomic E-state index is 0.0485. The van der Waals surface area contributed by atoms with E-state index in [9.17, 15) is 4.79 Å². The van der Waals surface area contributed by atoms with Gasteiger partial charge in [0.2, 0.25) is 0 Å². The fraction of sp³-hybridized carbons (Fsp3) is 0.600. The predicted octanol–water partition coefficient (Wildman–Crippen LogP) is 3.68. The Bertz CT molecular complexity index is 344. The Morgan fingerprint density at radius 3 is 2.22 bits per heavy atom. The summed E-state index contributed by atoms with van der Waals surface area (Å²) >= 11 is 0. The van der Waals surface area contributed by atoms with Crippen LogP contribution in [-0.4, -0.2) is 28.9 Å². The van der Waals surface area contributed by atoms with Crippen molar-refractivity contribution in [3.63, 3.8) is 0 Å². The second-order valence-corrected chi connectivity index (χ2v) is 4.01. The van der Waals surface area contributed by atoms with Crippen LogP contribution in [0, 0.1) is 6.92 Å². The van der Waals surface area contributed by atoms with Crippen LogP contribution in [0.4, 0.5) is 0 Å². The molecular formula is C15H26N2O. The smallest absolute Gasteiger partial charge is 0.272 e. The average Bonchev–Trinajstić information content (AvgIpc) is 2.40. The highest BCUT2D eigenvalue weighted by atomic mass is 16.2. The molecule has 0 bridgehead atoms. The first-order valence-electron chi connectivity index (χ1n) is 6.91. The molecule has 0 N–H and O–H groups in total. The van der Waals surface area contributed by atoms with Crippen molar-refractivity contribution in [2.75, 3.05) is 13.1 Å². The van der Waals surface area contributed by atoms with Crippen LogP contribution >= 0.6 is 0 Å². The largest absolute Gasteiger partial charge is 0.337 e. The maximum absolute atomic E-state index is 12.1. The van der Waals surface area contributed by atoms with Gasteiger partial charge in [0.15, 0.2) is 0 Å². The van der Waals surface area contributed by atoms with Crippen molar-refractivity contribution in [1.29, 1.82) is 0 Å². The van der Waals surface area contributed by atoms with Crippen molar-refractivity contribution in [1.82, 2.24) is 9.88 Å². The fourth-order valence-electron chi connectivity index (χ4n) is 1.67.